The summed E-state index contributed by atoms with van der Waals surface area (Å²) in [5.74, 6) is 0.925. The van der Waals surface area contributed by atoms with Crippen LogP contribution >= 0.6 is 11.6 Å². The van der Waals surface area contributed by atoms with Gasteiger partial charge < -0.3 is 9.73 Å². The molecule has 96 valence electrons. The largest absolute Gasteiger partial charge is 0.469 e. The minimum atomic E-state index is 0.137. The topological polar surface area (TPSA) is 25.2 Å². The molecule has 2 rings (SSSR count). The normalized spacial score (nSPS) is 12.7. The summed E-state index contributed by atoms with van der Waals surface area (Å²) in [6.45, 7) is 6.06. The lowest BCUT2D eigenvalue weighted by molar-refractivity contribution is 0.527. The van der Waals surface area contributed by atoms with Crippen molar-refractivity contribution in [3.63, 3.8) is 0 Å². The van der Waals surface area contributed by atoms with Crippen LogP contribution in [0, 0.1) is 20.8 Å². The average Bonchev–Trinajstić information content (AvgIpc) is 2.73. The fourth-order valence-electron chi connectivity index (χ4n) is 2.23. The summed E-state index contributed by atoms with van der Waals surface area (Å²) >= 11 is 6.15. The van der Waals surface area contributed by atoms with Gasteiger partial charge in [-0.2, -0.15) is 0 Å². The number of furan rings is 1. The van der Waals surface area contributed by atoms with Gasteiger partial charge in [0.15, 0.2) is 0 Å². The lowest BCUT2D eigenvalue weighted by Crippen LogP contribution is -2.18. The second-order valence-electron chi connectivity index (χ2n) is 4.67. The van der Waals surface area contributed by atoms with Crippen LogP contribution in [0.4, 0.5) is 0 Å². The molecule has 1 aromatic heterocycles. The fraction of sp³-hybridized carbons (Fsp3) is 0.333. The van der Waals surface area contributed by atoms with Gasteiger partial charge >= 0.3 is 0 Å². The van der Waals surface area contributed by atoms with E-state index in [9.17, 15) is 0 Å². The summed E-state index contributed by atoms with van der Waals surface area (Å²) in [5, 5.41) is 4.15. The molecule has 1 aromatic carbocycles. The monoisotopic (exact) mass is 263 g/mol. The van der Waals surface area contributed by atoms with Gasteiger partial charge in [0.2, 0.25) is 0 Å². The molecule has 0 amide bonds. The average molecular weight is 264 g/mol. The zero-order valence-electron chi connectivity index (χ0n) is 11.2. The maximum Gasteiger partial charge on any atom is 0.101 e. The van der Waals surface area contributed by atoms with Crippen LogP contribution in [0.2, 0.25) is 5.02 Å². The highest BCUT2D eigenvalue weighted by molar-refractivity contribution is 6.31. The molecule has 1 heterocycles. The van der Waals surface area contributed by atoms with Crippen molar-refractivity contribution >= 4 is 11.6 Å². The van der Waals surface area contributed by atoms with Gasteiger partial charge in [-0.3, -0.25) is 0 Å². The maximum absolute atomic E-state index is 6.15. The van der Waals surface area contributed by atoms with Gasteiger partial charge in [-0.15, -0.1) is 0 Å². The molecule has 1 atom stereocenters. The van der Waals surface area contributed by atoms with E-state index in [1.54, 1.807) is 6.26 Å². The van der Waals surface area contributed by atoms with Crippen LogP contribution in [0.5, 0.6) is 0 Å². The van der Waals surface area contributed by atoms with Crippen LogP contribution in [-0.2, 0) is 0 Å². The molecule has 1 N–H and O–H groups in total. The number of nitrogens with one attached hydrogen (secondary N) is 1. The Morgan fingerprint density at radius 3 is 2.39 bits per heavy atom. The number of rotatable bonds is 3. The Hall–Kier alpha value is -1.25. The van der Waals surface area contributed by atoms with Crippen LogP contribution in [0.25, 0.3) is 0 Å². The second-order valence-corrected chi connectivity index (χ2v) is 5.08. The Kier molecular flexibility index (Phi) is 3.79. The molecule has 0 aliphatic heterocycles. The Labute approximate surface area is 113 Å². The van der Waals surface area contributed by atoms with Crippen molar-refractivity contribution in [1.82, 2.24) is 5.32 Å². The third-order valence-corrected chi connectivity index (χ3v) is 3.64. The van der Waals surface area contributed by atoms with E-state index in [0.717, 1.165) is 21.9 Å². The van der Waals surface area contributed by atoms with Gasteiger partial charge in [-0.1, -0.05) is 17.7 Å². The zero-order chi connectivity index (χ0) is 13.3. The minimum Gasteiger partial charge on any atom is -0.469 e. The molecule has 0 radical (unpaired) electrons. The van der Waals surface area contributed by atoms with Crippen molar-refractivity contribution in [2.75, 3.05) is 7.05 Å². The van der Waals surface area contributed by atoms with Crippen molar-refractivity contribution < 1.29 is 4.42 Å². The van der Waals surface area contributed by atoms with E-state index in [2.05, 4.69) is 24.4 Å². The van der Waals surface area contributed by atoms with E-state index in [1.165, 1.54) is 11.1 Å². The lowest BCUT2D eigenvalue weighted by atomic mass is 9.95. The molecule has 0 fully saturated rings. The predicted molar refractivity (Wildman–Crippen MR) is 75.3 cm³/mol. The van der Waals surface area contributed by atoms with Gasteiger partial charge in [-0.25, -0.2) is 0 Å². The third kappa shape index (κ3) is 2.45. The minimum absolute atomic E-state index is 0.137. The van der Waals surface area contributed by atoms with Gasteiger partial charge in [-0.05, 0) is 56.6 Å². The van der Waals surface area contributed by atoms with E-state index in [-0.39, 0.29) is 6.04 Å². The summed E-state index contributed by atoms with van der Waals surface area (Å²) in [6, 6.07) is 6.35. The maximum atomic E-state index is 6.15. The molecule has 0 saturated carbocycles. The molecule has 0 aliphatic carbocycles. The summed E-state index contributed by atoms with van der Waals surface area (Å²) in [4.78, 5) is 0. The smallest absolute Gasteiger partial charge is 0.101 e. The predicted octanol–water partition coefficient (Wildman–Crippen LogP) is 4.17. The standard InChI is InChI=1S/C15H18ClNO/c1-9-6-14(16)10(2)5-13(9)15(17-4)12-7-11(3)18-8-12/h5-8,15,17H,1-4H3. The van der Waals surface area contributed by atoms with Crippen LogP contribution in [0.3, 0.4) is 0 Å². The Balaban J connectivity index is 2.48. The molecule has 3 heteroatoms. The highest BCUT2D eigenvalue weighted by Crippen LogP contribution is 2.29. The molecular weight excluding hydrogens is 246 g/mol. The van der Waals surface area contributed by atoms with E-state index < -0.39 is 0 Å². The first-order valence-electron chi connectivity index (χ1n) is 6.02. The van der Waals surface area contributed by atoms with Crippen molar-refractivity contribution in [3.8, 4) is 0 Å². The van der Waals surface area contributed by atoms with Crippen molar-refractivity contribution in [2.45, 2.75) is 26.8 Å². The summed E-state index contributed by atoms with van der Waals surface area (Å²) < 4.78 is 5.40. The quantitative estimate of drug-likeness (QED) is 0.899. The number of halogens is 1. The zero-order valence-corrected chi connectivity index (χ0v) is 11.9. The first kappa shape index (κ1) is 13.2. The highest BCUT2D eigenvalue weighted by Gasteiger charge is 2.17. The van der Waals surface area contributed by atoms with Gasteiger partial charge in [0, 0.05) is 10.6 Å². The van der Waals surface area contributed by atoms with E-state index in [0.29, 0.717) is 0 Å². The van der Waals surface area contributed by atoms with Gasteiger partial charge in [0.05, 0.1) is 12.3 Å². The number of aryl methyl sites for hydroxylation is 3. The Morgan fingerprint density at radius 1 is 1.11 bits per heavy atom. The molecular formula is C15H18ClNO. The van der Waals surface area contributed by atoms with Crippen LogP contribution < -0.4 is 5.32 Å². The molecule has 2 nitrogen and oxygen atoms in total. The summed E-state index contributed by atoms with van der Waals surface area (Å²) in [6.07, 6.45) is 1.81. The van der Waals surface area contributed by atoms with Gasteiger partial charge in [0.25, 0.3) is 0 Å². The molecule has 0 bridgehead atoms. The second kappa shape index (κ2) is 5.17. The van der Waals surface area contributed by atoms with Crippen molar-refractivity contribution in [1.29, 1.82) is 0 Å². The van der Waals surface area contributed by atoms with Crippen LogP contribution in [0.1, 0.15) is 34.1 Å². The molecule has 0 aliphatic rings. The highest BCUT2D eigenvalue weighted by atomic mass is 35.5. The molecule has 2 aromatic rings. The summed E-state index contributed by atoms with van der Waals surface area (Å²) in [7, 11) is 1.95. The van der Waals surface area contributed by atoms with Gasteiger partial charge in [0.1, 0.15) is 5.76 Å². The van der Waals surface area contributed by atoms with Crippen LogP contribution in [-0.4, -0.2) is 7.05 Å². The van der Waals surface area contributed by atoms with E-state index in [1.807, 2.05) is 27.0 Å². The van der Waals surface area contributed by atoms with Crippen molar-refractivity contribution in [3.05, 3.63) is 57.5 Å². The molecule has 0 spiro atoms. The SMILES string of the molecule is CNC(c1coc(C)c1)c1cc(C)c(Cl)cc1C. The van der Waals surface area contributed by atoms with E-state index >= 15 is 0 Å². The Morgan fingerprint density at radius 2 is 1.83 bits per heavy atom. The first-order chi connectivity index (χ1) is 8.52. The van der Waals surface area contributed by atoms with Crippen molar-refractivity contribution in [2.24, 2.45) is 0 Å². The number of hydrogen-bond acceptors (Lipinski definition) is 2. The number of benzene rings is 1. The molecule has 0 saturated heterocycles. The van der Waals surface area contributed by atoms with E-state index in [4.69, 9.17) is 16.0 Å². The third-order valence-electron chi connectivity index (χ3n) is 3.23. The molecule has 1 unspecified atom stereocenters. The Bertz CT molecular complexity index is 560. The summed E-state index contributed by atoms with van der Waals surface area (Å²) in [5.41, 5.74) is 4.65. The van der Waals surface area contributed by atoms with Crippen LogP contribution in [0.15, 0.2) is 28.9 Å². The fourth-order valence-corrected chi connectivity index (χ4v) is 2.45. The number of hydrogen-bond donors (Lipinski definition) is 1. The lowest BCUT2D eigenvalue weighted by Gasteiger charge is -2.18. The molecule has 18 heavy (non-hydrogen) atoms. The first-order valence-corrected chi connectivity index (χ1v) is 6.39.